The summed E-state index contributed by atoms with van der Waals surface area (Å²) in [4.78, 5) is 14.2. The van der Waals surface area contributed by atoms with Gasteiger partial charge in [0.15, 0.2) is 0 Å². The van der Waals surface area contributed by atoms with Crippen LogP contribution in [0.5, 0.6) is 0 Å². The lowest BCUT2D eigenvalue weighted by Gasteiger charge is -2.34. The van der Waals surface area contributed by atoms with E-state index in [0.717, 1.165) is 11.1 Å². The molecular formula is C22H28N2O5S. The van der Waals surface area contributed by atoms with Crippen molar-refractivity contribution in [2.24, 2.45) is 0 Å². The van der Waals surface area contributed by atoms with E-state index in [2.05, 4.69) is 4.72 Å². The van der Waals surface area contributed by atoms with E-state index < -0.39 is 15.6 Å². The molecule has 0 radical (unpaired) electrons. The molecule has 0 aliphatic carbocycles. The van der Waals surface area contributed by atoms with Gasteiger partial charge in [0.05, 0.1) is 18.0 Å². The first kappa shape index (κ1) is 22.1. The summed E-state index contributed by atoms with van der Waals surface area (Å²) in [6, 6.07) is 13.7. The maximum absolute atomic E-state index is 12.5. The Hall–Kier alpha value is -2.58. The number of rotatable bonds is 4. The standard InChI is InChI=1S/C22H28N2O5S/c1-16-5-11-19(12-6-16)30(26,27)23-18-9-7-17(8-10-18)20-15-24(13-14-28-20)21(25)29-22(2,3)4/h5-12,20,23H,13-15H2,1-4H3. The maximum atomic E-state index is 12.5. The first-order chi connectivity index (χ1) is 14.0. The minimum Gasteiger partial charge on any atom is -0.444 e. The summed E-state index contributed by atoms with van der Waals surface area (Å²) in [6.07, 6.45) is -0.660. The second-order valence-corrected chi connectivity index (χ2v) is 10.0. The van der Waals surface area contributed by atoms with Crippen LogP contribution in [0, 0.1) is 6.92 Å². The molecule has 1 amide bonds. The van der Waals surface area contributed by atoms with Crippen molar-refractivity contribution in [1.82, 2.24) is 4.90 Å². The molecule has 0 aromatic heterocycles. The average molecular weight is 433 g/mol. The highest BCUT2D eigenvalue weighted by molar-refractivity contribution is 7.92. The molecule has 0 bridgehead atoms. The third-order valence-electron chi connectivity index (χ3n) is 4.58. The summed E-state index contributed by atoms with van der Waals surface area (Å²) >= 11 is 0. The van der Waals surface area contributed by atoms with Gasteiger partial charge in [-0.25, -0.2) is 13.2 Å². The Bertz CT molecular complexity index is 980. The van der Waals surface area contributed by atoms with E-state index in [1.807, 2.05) is 27.7 Å². The zero-order valence-corrected chi connectivity index (χ0v) is 18.5. The highest BCUT2D eigenvalue weighted by Crippen LogP contribution is 2.25. The molecule has 0 spiro atoms. The maximum Gasteiger partial charge on any atom is 0.410 e. The van der Waals surface area contributed by atoms with Crippen molar-refractivity contribution in [3.8, 4) is 0 Å². The van der Waals surface area contributed by atoms with Crippen molar-refractivity contribution in [3.05, 3.63) is 59.7 Å². The molecule has 1 aliphatic heterocycles. The van der Waals surface area contributed by atoms with Crippen LogP contribution in [-0.4, -0.2) is 44.7 Å². The minimum absolute atomic E-state index is 0.209. The molecule has 0 saturated carbocycles. The molecule has 2 aromatic rings. The number of amides is 1. The summed E-state index contributed by atoms with van der Waals surface area (Å²) in [6.45, 7) is 8.66. The lowest BCUT2D eigenvalue weighted by atomic mass is 10.1. The van der Waals surface area contributed by atoms with E-state index in [-0.39, 0.29) is 17.1 Å². The van der Waals surface area contributed by atoms with Crippen LogP contribution in [0.3, 0.4) is 0 Å². The third-order valence-corrected chi connectivity index (χ3v) is 5.98. The van der Waals surface area contributed by atoms with Crippen LogP contribution in [0.2, 0.25) is 0 Å². The zero-order chi connectivity index (χ0) is 21.9. The van der Waals surface area contributed by atoms with Gasteiger partial charge in [0, 0.05) is 12.2 Å². The molecule has 8 heteroatoms. The Kier molecular flexibility index (Phi) is 6.38. The Balaban J connectivity index is 1.66. The Morgan fingerprint density at radius 1 is 1.10 bits per heavy atom. The fourth-order valence-corrected chi connectivity index (χ4v) is 4.10. The molecule has 162 valence electrons. The lowest BCUT2D eigenvalue weighted by Crippen LogP contribution is -2.44. The third kappa shape index (κ3) is 5.73. The van der Waals surface area contributed by atoms with Crippen molar-refractivity contribution in [2.45, 2.75) is 44.3 Å². The van der Waals surface area contributed by atoms with Gasteiger partial charge in [-0.2, -0.15) is 0 Å². The number of nitrogens with zero attached hydrogens (tertiary/aromatic N) is 1. The summed E-state index contributed by atoms with van der Waals surface area (Å²) in [7, 11) is -3.66. The number of morpholine rings is 1. The van der Waals surface area contributed by atoms with Gasteiger partial charge in [-0.3, -0.25) is 4.72 Å². The van der Waals surface area contributed by atoms with Crippen LogP contribution in [-0.2, 0) is 19.5 Å². The minimum atomic E-state index is -3.66. The molecule has 1 saturated heterocycles. The number of aryl methyl sites for hydroxylation is 1. The number of carbonyl (C=O) groups excluding carboxylic acids is 1. The smallest absolute Gasteiger partial charge is 0.410 e. The van der Waals surface area contributed by atoms with E-state index in [9.17, 15) is 13.2 Å². The van der Waals surface area contributed by atoms with Crippen molar-refractivity contribution in [2.75, 3.05) is 24.4 Å². The van der Waals surface area contributed by atoms with Gasteiger partial charge in [-0.05, 0) is 57.5 Å². The van der Waals surface area contributed by atoms with E-state index in [4.69, 9.17) is 9.47 Å². The van der Waals surface area contributed by atoms with Crippen LogP contribution in [0.1, 0.15) is 38.0 Å². The van der Waals surface area contributed by atoms with Gasteiger partial charge in [-0.15, -0.1) is 0 Å². The topological polar surface area (TPSA) is 84.9 Å². The van der Waals surface area contributed by atoms with Crippen LogP contribution in [0.4, 0.5) is 10.5 Å². The summed E-state index contributed by atoms with van der Waals surface area (Å²) in [5.74, 6) is 0. The first-order valence-electron chi connectivity index (χ1n) is 9.82. The van der Waals surface area contributed by atoms with Crippen LogP contribution >= 0.6 is 0 Å². The number of anilines is 1. The van der Waals surface area contributed by atoms with Gasteiger partial charge in [0.25, 0.3) is 10.0 Å². The van der Waals surface area contributed by atoms with E-state index in [0.29, 0.717) is 25.4 Å². The lowest BCUT2D eigenvalue weighted by molar-refractivity contribution is -0.0432. The molecule has 7 nitrogen and oxygen atoms in total. The zero-order valence-electron chi connectivity index (χ0n) is 17.7. The predicted octanol–water partition coefficient (Wildman–Crippen LogP) is 4.10. The Labute approximate surface area is 178 Å². The first-order valence-corrected chi connectivity index (χ1v) is 11.3. The molecule has 30 heavy (non-hydrogen) atoms. The number of ether oxygens (including phenoxy) is 2. The SMILES string of the molecule is Cc1ccc(S(=O)(=O)Nc2ccc(C3CN(C(=O)OC(C)(C)C)CCO3)cc2)cc1. The van der Waals surface area contributed by atoms with Gasteiger partial charge in [0.1, 0.15) is 11.7 Å². The molecule has 3 rings (SSSR count). The normalized spacial score (nSPS) is 17.5. The molecule has 1 atom stereocenters. The van der Waals surface area contributed by atoms with Crippen LogP contribution in [0.15, 0.2) is 53.4 Å². The summed E-state index contributed by atoms with van der Waals surface area (Å²) in [5, 5.41) is 0. The number of hydrogen-bond acceptors (Lipinski definition) is 5. The van der Waals surface area contributed by atoms with Gasteiger partial charge >= 0.3 is 6.09 Å². The fraction of sp³-hybridized carbons (Fsp3) is 0.409. The number of sulfonamides is 1. The highest BCUT2D eigenvalue weighted by atomic mass is 32.2. The van der Waals surface area contributed by atoms with Crippen molar-refractivity contribution in [3.63, 3.8) is 0 Å². The molecule has 1 unspecified atom stereocenters. The van der Waals surface area contributed by atoms with E-state index >= 15 is 0 Å². The van der Waals surface area contributed by atoms with Crippen molar-refractivity contribution in [1.29, 1.82) is 0 Å². The Morgan fingerprint density at radius 2 is 1.73 bits per heavy atom. The quantitative estimate of drug-likeness (QED) is 0.786. The predicted molar refractivity (Wildman–Crippen MR) is 115 cm³/mol. The van der Waals surface area contributed by atoms with Crippen LogP contribution < -0.4 is 4.72 Å². The van der Waals surface area contributed by atoms with Gasteiger partial charge in [0.2, 0.25) is 0 Å². The summed E-state index contributed by atoms with van der Waals surface area (Å²) in [5.41, 5.74) is 1.76. The average Bonchev–Trinajstić information content (AvgIpc) is 2.67. The highest BCUT2D eigenvalue weighted by Gasteiger charge is 2.29. The second kappa shape index (κ2) is 8.65. The molecular weight excluding hydrogens is 404 g/mol. The Morgan fingerprint density at radius 3 is 2.33 bits per heavy atom. The number of carbonyl (C=O) groups is 1. The fourth-order valence-electron chi connectivity index (χ4n) is 3.04. The summed E-state index contributed by atoms with van der Waals surface area (Å²) < 4.78 is 38.9. The van der Waals surface area contributed by atoms with Crippen molar-refractivity contribution >= 4 is 21.8 Å². The van der Waals surface area contributed by atoms with Crippen molar-refractivity contribution < 1.29 is 22.7 Å². The van der Waals surface area contributed by atoms with Crippen LogP contribution in [0.25, 0.3) is 0 Å². The molecule has 1 fully saturated rings. The van der Waals surface area contributed by atoms with Gasteiger partial charge < -0.3 is 14.4 Å². The molecule has 2 aromatic carbocycles. The molecule has 1 heterocycles. The monoisotopic (exact) mass is 432 g/mol. The second-order valence-electron chi connectivity index (χ2n) is 8.33. The van der Waals surface area contributed by atoms with E-state index in [1.54, 1.807) is 53.4 Å². The number of benzene rings is 2. The number of hydrogen-bond donors (Lipinski definition) is 1. The van der Waals surface area contributed by atoms with E-state index in [1.165, 1.54) is 0 Å². The molecule has 1 aliphatic rings. The molecule has 1 N–H and O–H groups in total. The largest absolute Gasteiger partial charge is 0.444 e. The number of nitrogens with one attached hydrogen (secondary N) is 1. The van der Waals surface area contributed by atoms with Gasteiger partial charge in [-0.1, -0.05) is 29.8 Å².